The molecule has 0 aliphatic heterocycles. The van der Waals surface area contributed by atoms with Crippen molar-refractivity contribution in [2.24, 2.45) is 0 Å². The van der Waals surface area contributed by atoms with Crippen LogP contribution in [0.25, 0.3) is 0 Å². The Morgan fingerprint density at radius 2 is 1.50 bits per heavy atom. The first kappa shape index (κ1) is 17.1. The molecule has 0 radical (unpaired) electrons. The van der Waals surface area contributed by atoms with E-state index < -0.39 is 0 Å². The maximum absolute atomic E-state index is 8.33. The van der Waals surface area contributed by atoms with Gasteiger partial charge in [0.15, 0.2) is 0 Å². The minimum absolute atomic E-state index is 0. The third-order valence-corrected chi connectivity index (χ3v) is 0. The molecule has 0 aliphatic rings. The summed E-state index contributed by atoms with van der Waals surface area (Å²) < 4.78 is 8.33. The molecule has 0 heterocycles. The number of hydrogen-bond donors (Lipinski definition) is 0. The standard InChI is InChI=1S/Fe.Mg.O.W.2H/q;+2;;;2*-1. The van der Waals surface area contributed by atoms with E-state index in [4.69, 9.17) is 3.40 Å². The zero-order chi connectivity index (χ0) is 2.00. The molecule has 4 heavy (non-hydrogen) atoms. The minimum atomic E-state index is 0. The summed E-state index contributed by atoms with van der Waals surface area (Å²) in [5.41, 5.74) is 0. The zero-order valence-corrected chi connectivity index (χ0v) is 7.33. The Hall–Kier alpha value is 1.77. The summed E-state index contributed by atoms with van der Waals surface area (Å²) in [7, 11) is 0. The number of rotatable bonds is 0. The van der Waals surface area contributed by atoms with Gasteiger partial charge in [0.2, 0.25) is 0 Å². The molecule has 0 unspecified atom stereocenters. The van der Waals surface area contributed by atoms with Gasteiger partial charge in [0.25, 0.3) is 0 Å². The summed E-state index contributed by atoms with van der Waals surface area (Å²) in [4.78, 5) is 0. The maximum atomic E-state index is 8.33. The summed E-state index contributed by atoms with van der Waals surface area (Å²) >= 11 is 0.333. The van der Waals surface area contributed by atoms with Crippen molar-refractivity contribution < 1.29 is 43.1 Å². The van der Waals surface area contributed by atoms with Crippen LogP contribution in [0.2, 0.25) is 0 Å². The van der Waals surface area contributed by atoms with Gasteiger partial charge in [-0.1, -0.05) is 0 Å². The van der Waals surface area contributed by atoms with E-state index in [9.17, 15) is 0 Å². The van der Waals surface area contributed by atoms with Crippen LogP contribution in [-0.4, -0.2) is 23.1 Å². The zero-order valence-electron chi connectivity index (χ0n) is 3.88. The molecule has 0 atom stereocenters. The summed E-state index contributed by atoms with van der Waals surface area (Å²) in [5, 5.41) is 0. The Kier molecular flexibility index (Phi) is 92.4. The molecular formula is H2FeMgOW. The van der Waals surface area contributed by atoms with Crippen LogP contribution in [0.5, 0.6) is 0 Å². The molecular weight excluding hydrogens is 280 g/mol. The van der Waals surface area contributed by atoms with Gasteiger partial charge in [0.1, 0.15) is 0 Å². The first-order valence-corrected chi connectivity index (χ1v) is 1.36. The van der Waals surface area contributed by atoms with Gasteiger partial charge in [0.05, 0.1) is 0 Å². The van der Waals surface area contributed by atoms with Crippen LogP contribution in [0.3, 0.4) is 0 Å². The summed E-state index contributed by atoms with van der Waals surface area (Å²) in [6.45, 7) is 0. The van der Waals surface area contributed by atoms with Gasteiger partial charge < -0.3 is 2.85 Å². The quantitative estimate of drug-likeness (QED) is 0.559. The molecule has 0 bridgehead atoms. The van der Waals surface area contributed by atoms with Crippen molar-refractivity contribution in [1.82, 2.24) is 0 Å². The topological polar surface area (TPSA) is 17.1 Å². The van der Waals surface area contributed by atoms with Gasteiger partial charge in [-0.25, -0.2) is 0 Å². The Balaban J connectivity index is -0.000000000833. The molecule has 0 saturated heterocycles. The van der Waals surface area contributed by atoms with Crippen molar-refractivity contribution in [2.45, 2.75) is 0 Å². The molecule has 0 aliphatic carbocycles. The van der Waals surface area contributed by atoms with Crippen LogP contribution in [0.1, 0.15) is 2.85 Å². The van der Waals surface area contributed by atoms with E-state index in [1.807, 2.05) is 0 Å². The van der Waals surface area contributed by atoms with Crippen molar-refractivity contribution >= 4 is 23.1 Å². The fourth-order valence-electron chi connectivity index (χ4n) is 0. The molecule has 0 fully saturated rings. The fraction of sp³-hybridized carbons (Fsp3) is 0. The molecule has 1 nitrogen and oxygen atoms in total. The molecule has 4 heteroatoms. The first-order valence-electron chi connectivity index (χ1n) is 0.167. The molecule has 0 amide bonds. The van der Waals surface area contributed by atoms with E-state index in [1.54, 1.807) is 0 Å². The summed E-state index contributed by atoms with van der Waals surface area (Å²) in [5.74, 6) is 0. The molecule has 0 aromatic carbocycles. The second-order valence-corrected chi connectivity index (χ2v) is 0. The van der Waals surface area contributed by atoms with Gasteiger partial charge in [-0.3, -0.25) is 0 Å². The SMILES string of the molecule is [Fe].[H-].[H-].[Mg+2].[O]=[W]. The molecule has 0 aromatic rings. The third kappa shape index (κ3) is 9.23. The van der Waals surface area contributed by atoms with Gasteiger partial charge >= 0.3 is 46.2 Å². The molecule has 0 N–H and O–H groups in total. The van der Waals surface area contributed by atoms with Crippen LogP contribution in [0, 0.1) is 0 Å². The normalized spacial score (nSPS) is 1.00. The monoisotopic (exact) mass is 282 g/mol. The second kappa shape index (κ2) is 21.6. The Morgan fingerprint density at radius 1 is 1.50 bits per heavy atom. The summed E-state index contributed by atoms with van der Waals surface area (Å²) in [6.07, 6.45) is 0. The summed E-state index contributed by atoms with van der Waals surface area (Å²) in [6, 6.07) is 0. The number of hydrogen-bond acceptors (Lipinski definition) is 1. The van der Waals surface area contributed by atoms with Crippen LogP contribution < -0.4 is 0 Å². The average Bonchev–Trinajstić information content (AvgIpc) is 1.00. The van der Waals surface area contributed by atoms with Gasteiger partial charge in [-0.2, -0.15) is 0 Å². The van der Waals surface area contributed by atoms with Gasteiger partial charge in [-0.15, -0.1) is 0 Å². The molecule has 0 spiro atoms. The van der Waals surface area contributed by atoms with E-state index >= 15 is 0 Å². The Bertz CT molecular complexity index is 13.5. The van der Waals surface area contributed by atoms with E-state index in [-0.39, 0.29) is 43.0 Å². The predicted octanol–water partition coefficient (Wildman–Crippen LogP) is -0.280. The van der Waals surface area contributed by atoms with Crippen LogP contribution in [0.15, 0.2) is 0 Å². The van der Waals surface area contributed by atoms with Gasteiger partial charge in [-0.05, 0) is 0 Å². The van der Waals surface area contributed by atoms with Crippen LogP contribution in [0.4, 0.5) is 0 Å². The van der Waals surface area contributed by atoms with Crippen molar-refractivity contribution in [3.05, 3.63) is 0 Å². The molecule has 24 valence electrons. The van der Waals surface area contributed by atoms with E-state index in [1.165, 1.54) is 0 Å². The van der Waals surface area contributed by atoms with Crippen molar-refractivity contribution in [1.29, 1.82) is 0 Å². The Morgan fingerprint density at radius 3 is 1.50 bits per heavy atom. The third-order valence-electron chi connectivity index (χ3n) is 0. The predicted molar refractivity (Wildman–Crippen MR) is 8.66 cm³/mol. The molecule has 0 aromatic heterocycles. The van der Waals surface area contributed by atoms with E-state index in [0.717, 1.165) is 0 Å². The first-order chi connectivity index (χ1) is 1.00. The second-order valence-electron chi connectivity index (χ2n) is 0. The van der Waals surface area contributed by atoms with Crippen molar-refractivity contribution in [2.75, 3.05) is 0 Å². The molecule has 0 rings (SSSR count). The van der Waals surface area contributed by atoms with Crippen LogP contribution in [-0.2, 0) is 40.2 Å². The van der Waals surface area contributed by atoms with Crippen LogP contribution >= 0.6 is 0 Å². The fourth-order valence-corrected chi connectivity index (χ4v) is 0. The molecule has 0 saturated carbocycles. The van der Waals surface area contributed by atoms with E-state index in [0.29, 0.717) is 19.8 Å². The Labute approximate surface area is 65.7 Å². The average molecular weight is 282 g/mol. The van der Waals surface area contributed by atoms with Crippen molar-refractivity contribution in [3.63, 3.8) is 0 Å². The van der Waals surface area contributed by atoms with Crippen molar-refractivity contribution in [3.8, 4) is 0 Å². The van der Waals surface area contributed by atoms with Gasteiger partial charge in [0, 0.05) is 17.1 Å². The van der Waals surface area contributed by atoms with E-state index in [2.05, 4.69) is 0 Å².